The number of hydrogen-bond donors (Lipinski definition) is 1. The largest absolute Gasteiger partial charge is 0.313 e. The molecule has 1 fully saturated rings. The van der Waals surface area contributed by atoms with E-state index < -0.39 is 9.84 Å². The first-order chi connectivity index (χ1) is 9.07. The van der Waals surface area contributed by atoms with E-state index in [-0.39, 0.29) is 11.3 Å². The average Bonchev–Trinajstić information content (AvgIpc) is 2.85. The van der Waals surface area contributed by atoms with Gasteiger partial charge in [0.05, 0.1) is 10.1 Å². The summed E-state index contributed by atoms with van der Waals surface area (Å²) < 4.78 is 25.6. The molecule has 1 aliphatic carbocycles. The van der Waals surface area contributed by atoms with E-state index in [2.05, 4.69) is 12.2 Å². The Morgan fingerprint density at radius 3 is 2.68 bits per heavy atom. The van der Waals surface area contributed by atoms with Gasteiger partial charge in [-0.05, 0) is 44.4 Å². The second-order valence-corrected chi connectivity index (χ2v) is 7.48. The minimum atomic E-state index is -3.21. The Morgan fingerprint density at radius 1 is 1.26 bits per heavy atom. The quantitative estimate of drug-likeness (QED) is 0.902. The van der Waals surface area contributed by atoms with Crippen molar-refractivity contribution in [3.8, 4) is 0 Å². The van der Waals surface area contributed by atoms with Crippen molar-refractivity contribution in [2.24, 2.45) is 0 Å². The van der Waals surface area contributed by atoms with Gasteiger partial charge in [-0.25, -0.2) is 8.42 Å². The molecule has 3 nitrogen and oxygen atoms in total. The van der Waals surface area contributed by atoms with Gasteiger partial charge in [0.15, 0.2) is 9.84 Å². The molecule has 0 spiro atoms. The topological polar surface area (TPSA) is 46.2 Å². The van der Waals surface area contributed by atoms with E-state index in [1.165, 1.54) is 0 Å². The number of hydrogen-bond acceptors (Lipinski definition) is 3. The second kappa shape index (κ2) is 6.06. The van der Waals surface area contributed by atoms with Gasteiger partial charge in [0.25, 0.3) is 0 Å². The number of aryl methyl sites for hydroxylation is 1. The summed E-state index contributed by atoms with van der Waals surface area (Å²) in [5, 5.41) is 3.13. The summed E-state index contributed by atoms with van der Waals surface area (Å²) in [5.41, 5.74) is 0.851. The van der Waals surface area contributed by atoms with E-state index >= 15 is 0 Å². The molecule has 0 bridgehead atoms. The molecule has 0 aliphatic heterocycles. The molecule has 0 amide bonds. The molecule has 0 saturated heterocycles. The van der Waals surface area contributed by atoms with Crippen molar-refractivity contribution in [1.82, 2.24) is 5.32 Å². The highest BCUT2D eigenvalue weighted by Crippen LogP contribution is 2.31. The van der Waals surface area contributed by atoms with Crippen LogP contribution in [0.4, 0.5) is 0 Å². The predicted octanol–water partition coefficient (Wildman–Crippen LogP) is 2.69. The maximum absolute atomic E-state index is 12.8. The number of rotatable bonds is 5. The van der Waals surface area contributed by atoms with Crippen LogP contribution >= 0.6 is 0 Å². The van der Waals surface area contributed by atoms with Gasteiger partial charge in [-0.3, -0.25) is 0 Å². The lowest BCUT2D eigenvalue weighted by molar-refractivity contribution is 0.504. The van der Waals surface area contributed by atoms with E-state index in [0.717, 1.165) is 37.8 Å². The van der Waals surface area contributed by atoms with Gasteiger partial charge < -0.3 is 5.32 Å². The monoisotopic (exact) mass is 281 g/mol. The third-order valence-electron chi connectivity index (χ3n) is 3.91. The van der Waals surface area contributed by atoms with Gasteiger partial charge in [-0.1, -0.05) is 31.5 Å². The second-order valence-electron chi connectivity index (χ2n) is 5.34. The van der Waals surface area contributed by atoms with Crippen LogP contribution in [-0.4, -0.2) is 26.3 Å². The number of sulfone groups is 1. The maximum Gasteiger partial charge on any atom is 0.183 e. The number of benzene rings is 1. The van der Waals surface area contributed by atoms with Crippen LogP contribution in [-0.2, 0) is 9.84 Å². The summed E-state index contributed by atoms with van der Waals surface area (Å²) in [6.45, 7) is 4.87. The summed E-state index contributed by atoms with van der Waals surface area (Å²) in [7, 11) is -3.21. The molecule has 1 aliphatic rings. The lowest BCUT2D eigenvalue weighted by Gasteiger charge is -2.22. The van der Waals surface area contributed by atoms with Crippen LogP contribution in [0.15, 0.2) is 29.2 Å². The minimum absolute atomic E-state index is 0.115. The molecule has 0 heterocycles. The normalized spacial score (nSPS) is 23.7. The Bertz CT molecular complexity index is 525. The van der Waals surface area contributed by atoms with Gasteiger partial charge in [-0.2, -0.15) is 0 Å². The third kappa shape index (κ3) is 3.00. The van der Waals surface area contributed by atoms with E-state index in [9.17, 15) is 8.42 Å². The van der Waals surface area contributed by atoms with Gasteiger partial charge in [0.2, 0.25) is 0 Å². The Labute approximate surface area is 116 Å². The van der Waals surface area contributed by atoms with E-state index in [1.807, 2.05) is 25.1 Å². The first-order valence-electron chi connectivity index (χ1n) is 7.10. The number of nitrogens with one attached hydrogen (secondary N) is 1. The fourth-order valence-corrected chi connectivity index (χ4v) is 5.15. The summed E-state index contributed by atoms with van der Waals surface area (Å²) in [6, 6.07) is 7.42. The average molecular weight is 281 g/mol. The molecule has 2 unspecified atom stereocenters. The summed E-state index contributed by atoms with van der Waals surface area (Å²) >= 11 is 0. The van der Waals surface area contributed by atoms with Crippen LogP contribution < -0.4 is 5.32 Å². The maximum atomic E-state index is 12.8. The van der Waals surface area contributed by atoms with Crippen LogP contribution in [0.5, 0.6) is 0 Å². The Kier molecular flexibility index (Phi) is 4.63. The Hall–Kier alpha value is -0.870. The van der Waals surface area contributed by atoms with E-state index in [0.29, 0.717) is 4.90 Å². The van der Waals surface area contributed by atoms with Gasteiger partial charge in [0.1, 0.15) is 0 Å². The van der Waals surface area contributed by atoms with Crippen LogP contribution in [0.1, 0.15) is 38.2 Å². The Balaban J connectivity index is 2.26. The van der Waals surface area contributed by atoms with Crippen LogP contribution in [0.2, 0.25) is 0 Å². The lowest BCUT2D eigenvalue weighted by atomic mass is 10.2. The van der Waals surface area contributed by atoms with Crippen molar-refractivity contribution >= 4 is 9.84 Å². The Morgan fingerprint density at radius 2 is 2.00 bits per heavy atom. The van der Waals surface area contributed by atoms with Crippen molar-refractivity contribution in [2.45, 2.75) is 55.7 Å². The van der Waals surface area contributed by atoms with E-state index in [4.69, 9.17) is 0 Å². The van der Waals surface area contributed by atoms with Crippen LogP contribution in [0.3, 0.4) is 0 Å². The molecule has 4 heteroatoms. The zero-order valence-corrected chi connectivity index (χ0v) is 12.5. The molecule has 1 saturated carbocycles. The molecule has 19 heavy (non-hydrogen) atoms. The molecule has 0 radical (unpaired) electrons. The molecule has 1 aromatic carbocycles. The molecule has 1 N–H and O–H groups in total. The third-order valence-corrected chi connectivity index (χ3v) is 6.34. The summed E-state index contributed by atoms with van der Waals surface area (Å²) in [4.78, 5) is 0.505. The lowest BCUT2D eigenvalue weighted by Crippen LogP contribution is -2.40. The highest BCUT2D eigenvalue weighted by Gasteiger charge is 2.38. The molecule has 106 valence electrons. The molecular formula is C15H23NO2S. The standard InChI is InChI=1S/C15H23NO2S/c1-3-11-16-13-8-6-10-15(13)19(17,18)14-9-5-4-7-12(14)2/h4-5,7,9,13,15-16H,3,6,8,10-11H2,1-2H3. The fourth-order valence-electron chi connectivity index (χ4n) is 2.90. The SMILES string of the molecule is CCCNC1CCCC1S(=O)(=O)c1ccccc1C. The highest BCUT2D eigenvalue weighted by atomic mass is 32.2. The molecule has 1 aromatic rings. The van der Waals surface area contributed by atoms with Crippen molar-refractivity contribution in [1.29, 1.82) is 0 Å². The first-order valence-corrected chi connectivity index (χ1v) is 8.65. The molecular weight excluding hydrogens is 258 g/mol. The van der Waals surface area contributed by atoms with Crippen molar-refractivity contribution < 1.29 is 8.42 Å². The fraction of sp³-hybridized carbons (Fsp3) is 0.600. The molecule has 2 rings (SSSR count). The van der Waals surface area contributed by atoms with Crippen LogP contribution in [0.25, 0.3) is 0 Å². The van der Waals surface area contributed by atoms with Gasteiger partial charge >= 0.3 is 0 Å². The smallest absolute Gasteiger partial charge is 0.183 e. The first kappa shape index (κ1) is 14.5. The van der Waals surface area contributed by atoms with Crippen LogP contribution in [0, 0.1) is 6.92 Å². The van der Waals surface area contributed by atoms with Gasteiger partial charge in [0, 0.05) is 6.04 Å². The highest BCUT2D eigenvalue weighted by molar-refractivity contribution is 7.92. The van der Waals surface area contributed by atoms with E-state index in [1.54, 1.807) is 6.07 Å². The zero-order chi connectivity index (χ0) is 13.9. The molecule has 2 atom stereocenters. The summed E-state index contributed by atoms with van der Waals surface area (Å²) in [5.74, 6) is 0. The van der Waals surface area contributed by atoms with Crippen molar-refractivity contribution in [3.63, 3.8) is 0 Å². The predicted molar refractivity (Wildman–Crippen MR) is 78.1 cm³/mol. The molecule has 0 aromatic heterocycles. The van der Waals surface area contributed by atoms with Crippen molar-refractivity contribution in [3.05, 3.63) is 29.8 Å². The summed E-state index contributed by atoms with van der Waals surface area (Å²) in [6.07, 6.45) is 3.78. The van der Waals surface area contributed by atoms with Crippen molar-refractivity contribution in [2.75, 3.05) is 6.54 Å². The zero-order valence-electron chi connectivity index (χ0n) is 11.7. The minimum Gasteiger partial charge on any atom is -0.313 e. The van der Waals surface area contributed by atoms with Gasteiger partial charge in [-0.15, -0.1) is 0 Å².